The number of aliphatic hydroxyl groups is 1. The molecular formula is C15H18N2OS. The molecular weight excluding hydrogens is 256 g/mol. The highest BCUT2D eigenvalue weighted by atomic mass is 32.1. The first-order valence-corrected chi connectivity index (χ1v) is 7.52. The Morgan fingerprint density at radius 3 is 3.11 bits per heavy atom. The van der Waals surface area contributed by atoms with E-state index >= 15 is 0 Å². The second-order valence-corrected chi connectivity index (χ2v) is 6.01. The minimum absolute atomic E-state index is 0.322. The SMILES string of the molecule is CC1c2ccsc2CCN1c1ncccc1[C@H](C)O. The zero-order valence-electron chi connectivity index (χ0n) is 11.2. The maximum atomic E-state index is 9.91. The van der Waals surface area contributed by atoms with E-state index in [1.165, 1.54) is 10.4 Å². The monoisotopic (exact) mass is 274 g/mol. The van der Waals surface area contributed by atoms with E-state index < -0.39 is 6.10 Å². The maximum Gasteiger partial charge on any atom is 0.134 e. The minimum atomic E-state index is -0.486. The molecule has 19 heavy (non-hydrogen) atoms. The third-order valence-corrected chi connectivity index (χ3v) is 4.81. The van der Waals surface area contributed by atoms with E-state index in [9.17, 15) is 5.11 Å². The van der Waals surface area contributed by atoms with E-state index in [0.29, 0.717) is 6.04 Å². The summed E-state index contributed by atoms with van der Waals surface area (Å²) < 4.78 is 0. The topological polar surface area (TPSA) is 36.4 Å². The number of hydrogen-bond donors (Lipinski definition) is 1. The molecule has 1 N–H and O–H groups in total. The van der Waals surface area contributed by atoms with Gasteiger partial charge in [0, 0.05) is 23.2 Å². The van der Waals surface area contributed by atoms with Gasteiger partial charge in [0.15, 0.2) is 0 Å². The fraction of sp³-hybridized carbons (Fsp3) is 0.400. The highest BCUT2D eigenvalue weighted by Gasteiger charge is 2.27. The summed E-state index contributed by atoms with van der Waals surface area (Å²) in [6, 6.07) is 6.38. The lowest BCUT2D eigenvalue weighted by Crippen LogP contribution is -2.34. The highest BCUT2D eigenvalue weighted by Crippen LogP contribution is 2.37. The molecule has 2 atom stereocenters. The summed E-state index contributed by atoms with van der Waals surface area (Å²) in [5, 5.41) is 12.1. The summed E-state index contributed by atoms with van der Waals surface area (Å²) in [5.41, 5.74) is 2.31. The normalized spacial score (nSPS) is 20.2. The summed E-state index contributed by atoms with van der Waals surface area (Å²) in [6.45, 7) is 4.97. The van der Waals surface area contributed by atoms with Gasteiger partial charge in [-0.25, -0.2) is 4.98 Å². The van der Waals surface area contributed by atoms with Crippen LogP contribution in [0.2, 0.25) is 0 Å². The average molecular weight is 274 g/mol. The molecule has 4 heteroatoms. The van der Waals surface area contributed by atoms with Gasteiger partial charge in [0.05, 0.1) is 12.1 Å². The summed E-state index contributed by atoms with van der Waals surface area (Å²) in [5.74, 6) is 0.918. The van der Waals surface area contributed by atoms with Gasteiger partial charge in [0.1, 0.15) is 5.82 Å². The third-order valence-electron chi connectivity index (χ3n) is 3.82. The first kappa shape index (κ1) is 12.6. The van der Waals surface area contributed by atoms with Crippen molar-refractivity contribution in [2.75, 3.05) is 11.4 Å². The third kappa shape index (κ3) is 2.15. The minimum Gasteiger partial charge on any atom is -0.389 e. The van der Waals surface area contributed by atoms with Crippen molar-refractivity contribution in [2.45, 2.75) is 32.4 Å². The predicted molar refractivity (Wildman–Crippen MR) is 78.7 cm³/mol. The highest BCUT2D eigenvalue weighted by molar-refractivity contribution is 7.10. The Kier molecular flexibility index (Phi) is 3.29. The van der Waals surface area contributed by atoms with Crippen molar-refractivity contribution in [3.63, 3.8) is 0 Å². The second kappa shape index (κ2) is 4.94. The van der Waals surface area contributed by atoms with E-state index in [4.69, 9.17) is 0 Å². The zero-order valence-corrected chi connectivity index (χ0v) is 12.0. The molecule has 2 aromatic rings. The molecule has 0 saturated heterocycles. The number of thiophene rings is 1. The van der Waals surface area contributed by atoms with E-state index in [1.807, 2.05) is 23.5 Å². The molecule has 0 saturated carbocycles. The zero-order chi connectivity index (χ0) is 13.4. The summed E-state index contributed by atoms with van der Waals surface area (Å²) in [4.78, 5) is 8.29. The first-order chi connectivity index (χ1) is 9.18. The van der Waals surface area contributed by atoms with Gasteiger partial charge in [-0.05, 0) is 43.3 Å². The van der Waals surface area contributed by atoms with E-state index in [-0.39, 0.29) is 0 Å². The van der Waals surface area contributed by atoms with Crippen LogP contribution in [0.4, 0.5) is 5.82 Å². The molecule has 0 aliphatic carbocycles. The Labute approximate surface area is 117 Å². The Bertz CT molecular complexity index is 579. The number of rotatable bonds is 2. The van der Waals surface area contributed by atoms with E-state index in [0.717, 1.165) is 24.3 Å². The predicted octanol–water partition coefficient (Wildman–Crippen LogP) is 3.32. The molecule has 0 spiro atoms. The van der Waals surface area contributed by atoms with Gasteiger partial charge in [0.25, 0.3) is 0 Å². The lowest BCUT2D eigenvalue weighted by atomic mass is 10.00. The Hall–Kier alpha value is -1.39. The Morgan fingerprint density at radius 2 is 2.32 bits per heavy atom. The molecule has 3 rings (SSSR count). The van der Waals surface area contributed by atoms with Crippen LogP contribution in [0.1, 0.15) is 42.0 Å². The van der Waals surface area contributed by atoms with Gasteiger partial charge in [-0.1, -0.05) is 6.07 Å². The van der Waals surface area contributed by atoms with Crippen LogP contribution in [0.3, 0.4) is 0 Å². The van der Waals surface area contributed by atoms with Crippen LogP contribution in [-0.2, 0) is 6.42 Å². The molecule has 2 aromatic heterocycles. The maximum absolute atomic E-state index is 9.91. The summed E-state index contributed by atoms with van der Waals surface area (Å²) >= 11 is 1.84. The van der Waals surface area contributed by atoms with Crippen molar-refractivity contribution in [2.24, 2.45) is 0 Å². The van der Waals surface area contributed by atoms with Gasteiger partial charge >= 0.3 is 0 Å². The smallest absolute Gasteiger partial charge is 0.134 e. The van der Waals surface area contributed by atoms with Gasteiger partial charge in [-0.3, -0.25) is 0 Å². The quantitative estimate of drug-likeness (QED) is 0.912. The Morgan fingerprint density at radius 1 is 1.47 bits per heavy atom. The van der Waals surface area contributed by atoms with Gasteiger partial charge in [-0.2, -0.15) is 0 Å². The number of pyridine rings is 1. The van der Waals surface area contributed by atoms with Gasteiger partial charge < -0.3 is 10.0 Å². The fourth-order valence-electron chi connectivity index (χ4n) is 2.77. The van der Waals surface area contributed by atoms with E-state index in [1.54, 1.807) is 13.1 Å². The number of fused-ring (bicyclic) bond motifs is 1. The lowest BCUT2D eigenvalue weighted by Gasteiger charge is -2.36. The molecule has 0 aromatic carbocycles. The first-order valence-electron chi connectivity index (χ1n) is 6.64. The Balaban J connectivity index is 2.00. The fourth-order valence-corrected chi connectivity index (χ4v) is 3.74. The molecule has 0 bridgehead atoms. The number of aliphatic hydroxyl groups excluding tert-OH is 1. The van der Waals surface area contributed by atoms with Crippen molar-refractivity contribution >= 4 is 17.2 Å². The number of aromatic nitrogens is 1. The molecule has 0 fully saturated rings. The van der Waals surface area contributed by atoms with Gasteiger partial charge in [-0.15, -0.1) is 11.3 Å². The van der Waals surface area contributed by atoms with Crippen LogP contribution in [-0.4, -0.2) is 16.6 Å². The molecule has 0 radical (unpaired) electrons. The van der Waals surface area contributed by atoms with Crippen molar-refractivity contribution in [3.8, 4) is 0 Å². The molecule has 1 unspecified atom stereocenters. The number of nitrogens with zero attached hydrogens (tertiary/aromatic N) is 2. The van der Waals surface area contributed by atoms with Crippen LogP contribution >= 0.6 is 11.3 Å². The molecule has 3 heterocycles. The van der Waals surface area contributed by atoms with Gasteiger partial charge in [0.2, 0.25) is 0 Å². The average Bonchev–Trinajstić information content (AvgIpc) is 2.88. The van der Waals surface area contributed by atoms with E-state index in [2.05, 4.69) is 28.3 Å². The van der Waals surface area contributed by atoms with Crippen LogP contribution in [0.15, 0.2) is 29.8 Å². The molecule has 100 valence electrons. The van der Waals surface area contributed by atoms with Crippen LogP contribution < -0.4 is 4.90 Å². The molecule has 1 aliphatic rings. The summed E-state index contributed by atoms with van der Waals surface area (Å²) in [7, 11) is 0. The van der Waals surface area contributed by atoms with Crippen molar-refractivity contribution in [3.05, 3.63) is 45.8 Å². The van der Waals surface area contributed by atoms with Crippen molar-refractivity contribution < 1.29 is 5.11 Å². The number of hydrogen-bond acceptors (Lipinski definition) is 4. The molecule has 0 amide bonds. The largest absolute Gasteiger partial charge is 0.389 e. The summed E-state index contributed by atoms with van der Waals surface area (Å²) in [6.07, 6.45) is 2.38. The van der Waals surface area contributed by atoms with Crippen molar-refractivity contribution in [1.82, 2.24) is 4.98 Å². The second-order valence-electron chi connectivity index (χ2n) is 5.01. The number of anilines is 1. The van der Waals surface area contributed by atoms with Crippen LogP contribution in [0, 0.1) is 0 Å². The standard InChI is InChI=1S/C15H18N2OS/c1-10-12-6-9-19-14(12)5-8-17(10)15-13(11(2)18)4-3-7-16-15/h3-4,6-7,9-11,18H,5,8H2,1-2H3/t10?,11-/m0/s1. The van der Waals surface area contributed by atoms with Crippen molar-refractivity contribution in [1.29, 1.82) is 0 Å². The van der Waals surface area contributed by atoms with Crippen LogP contribution in [0.25, 0.3) is 0 Å². The molecule has 1 aliphatic heterocycles. The molecule has 3 nitrogen and oxygen atoms in total. The van der Waals surface area contributed by atoms with Crippen LogP contribution in [0.5, 0.6) is 0 Å². The lowest BCUT2D eigenvalue weighted by molar-refractivity contribution is 0.199.